The van der Waals surface area contributed by atoms with Gasteiger partial charge in [0.1, 0.15) is 15.4 Å². The van der Waals surface area contributed by atoms with Crippen molar-refractivity contribution >= 4 is 48.9 Å². The Bertz CT molecular complexity index is 1260. The average Bonchev–Trinajstić information content (AvgIpc) is 2.94. The first-order valence-electron chi connectivity index (χ1n) is 12.3. The van der Waals surface area contributed by atoms with Crippen molar-refractivity contribution in [3.8, 4) is 0 Å². The fourth-order valence-electron chi connectivity index (χ4n) is 5.75. The molecule has 0 aliphatic rings. The summed E-state index contributed by atoms with van der Waals surface area (Å²) in [5, 5.41) is 7.70. The zero-order chi connectivity index (χ0) is 24.1. The molecule has 171 valence electrons. The van der Waals surface area contributed by atoms with Crippen molar-refractivity contribution in [2.45, 2.75) is 13.1 Å². The maximum atomic E-state index is 2.64. The standard InChI is InChI=1S/C32H31Si3/c1-34(2,30-22-12-5-13-23-30)35(31-24-14-6-15-25-31,32-26-16-7-17-27-32)33(28-18-8-3-9-19-28)29-20-10-4-11-21-29/h3-27H,1-2H3. The largest absolute Gasteiger partial charge is 0.121 e. The molecule has 0 bridgehead atoms. The summed E-state index contributed by atoms with van der Waals surface area (Å²) in [6.45, 7) is 5.29. The highest BCUT2D eigenvalue weighted by atomic mass is 29.6. The second-order valence-corrected chi connectivity index (χ2v) is 29.2. The number of rotatable bonds is 7. The minimum Gasteiger partial charge on any atom is -0.0670 e. The first-order chi connectivity index (χ1) is 17.2. The van der Waals surface area contributed by atoms with E-state index in [-0.39, 0.29) is 0 Å². The van der Waals surface area contributed by atoms with Crippen molar-refractivity contribution in [2.24, 2.45) is 0 Å². The molecule has 3 heteroatoms. The Morgan fingerprint density at radius 3 is 1.00 bits per heavy atom. The van der Waals surface area contributed by atoms with Gasteiger partial charge in [0.25, 0.3) is 0 Å². The fraction of sp³-hybridized carbons (Fsp3) is 0.0625. The Hall–Kier alpha value is -3.25. The first-order valence-corrected chi connectivity index (χ1v) is 20.8. The van der Waals surface area contributed by atoms with Crippen LogP contribution in [-0.4, -0.2) is 23.0 Å². The van der Waals surface area contributed by atoms with Crippen molar-refractivity contribution in [3.05, 3.63) is 152 Å². The van der Waals surface area contributed by atoms with Gasteiger partial charge >= 0.3 is 0 Å². The number of benzene rings is 5. The van der Waals surface area contributed by atoms with E-state index in [4.69, 9.17) is 0 Å². The van der Waals surface area contributed by atoms with Crippen LogP contribution in [0.1, 0.15) is 0 Å². The van der Waals surface area contributed by atoms with E-state index in [1.807, 2.05) is 0 Å². The van der Waals surface area contributed by atoms with Crippen LogP contribution in [0.3, 0.4) is 0 Å². The lowest BCUT2D eigenvalue weighted by atomic mass is 10.4. The summed E-state index contributed by atoms with van der Waals surface area (Å²) in [7, 11) is -5.68. The van der Waals surface area contributed by atoms with Crippen LogP contribution < -0.4 is 25.9 Å². The van der Waals surface area contributed by atoms with Gasteiger partial charge in [-0.25, -0.2) is 0 Å². The van der Waals surface area contributed by atoms with Crippen LogP contribution in [0.2, 0.25) is 13.1 Å². The van der Waals surface area contributed by atoms with Crippen LogP contribution in [-0.2, 0) is 0 Å². The molecule has 0 spiro atoms. The molecule has 0 nitrogen and oxygen atoms in total. The third kappa shape index (κ3) is 4.20. The van der Waals surface area contributed by atoms with E-state index in [1.165, 1.54) is 10.4 Å². The van der Waals surface area contributed by atoms with Gasteiger partial charge in [0.15, 0.2) is 0 Å². The molecule has 0 heterocycles. The van der Waals surface area contributed by atoms with E-state index in [1.54, 1.807) is 15.6 Å². The van der Waals surface area contributed by atoms with Crippen molar-refractivity contribution < 1.29 is 0 Å². The molecule has 0 fully saturated rings. The first kappa shape index (κ1) is 23.5. The van der Waals surface area contributed by atoms with E-state index >= 15 is 0 Å². The fourth-order valence-corrected chi connectivity index (χ4v) is 38.7. The third-order valence-electron chi connectivity index (χ3n) is 7.35. The lowest BCUT2D eigenvalue weighted by molar-refractivity contribution is 1.69. The summed E-state index contributed by atoms with van der Waals surface area (Å²) >= 11 is 0. The molecule has 0 amide bonds. The summed E-state index contributed by atoms with van der Waals surface area (Å²) in [5.41, 5.74) is 0. The van der Waals surface area contributed by atoms with Gasteiger partial charge in [-0.2, -0.15) is 0 Å². The minimum atomic E-state index is -2.39. The Morgan fingerprint density at radius 2 is 0.657 bits per heavy atom. The molecule has 0 aliphatic heterocycles. The topological polar surface area (TPSA) is 0 Å². The zero-order valence-electron chi connectivity index (χ0n) is 20.4. The molecule has 5 aromatic carbocycles. The van der Waals surface area contributed by atoms with Gasteiger partial charge in [-0.1, -0.05) is 191 Å². The van der Waals surface area contributed by atoms with Gasteiger partial charge in [-0.3, -0.25) is 0 Å². The smallest absolute Gasteiger partial charge is 0.0670 e. The third-order valence-corrected chi connectivity index (χ3v) is 37.8. The summed E-state index contributed by atoms with van der Waals surface area (Å²) in [5.74, 6) is 0. The zero-order valence-corrected chi connectivity index (χ0v) is 23.4. The molecule has 5 rings (SSSR count). The molecule has 0 N–H and O–H groups in total. The Balaban J connectivity index is 1.96. The molecule has 0 saturated heterocycles. The van der Waals surface area contributed by atoms with Crippen LogP contribution in [0.15, 0.2) is 152 Å². The van der Waals surface area contributed by atoms with Gasteiger partial charge in [0.05, 0.1) is 7.59 Å². The lowest BCUT2D eigenvalue weighted by Crippen LogP contribution is -2.89. The normalized spacial score (nSPS) is 12.0. The molecule has 0 atom stereocenters. The Labute approximate surface area is 213 Å². The van der Waals surface area contributed by atoms with Crippen LogP contribution >= 0.6 is 0 Å². The Kier molecular flexibility index (Phi) is 6.82. The molecule has 35 heavy (non-hydrogen) atoms. The van der Waals surface area contributed by atoms with E-state index in [0.717, 1.165) is 0 Å². The quantitative estimate of drug-likeness (QED) is 0.292. The molecule has 1 radical (unpaired) electrons. The van der Waals surface area contributed by atoms with Gasteiger partial charge in [0, 0.05) is 0 Å². The summed E-state index contributed by atoms with van der Waals surface area (Å²) in [6.07, 6.45) is 0. The van der Waals surface area contributed by atoms with E-state index in [0.29, 0.717) is 0 Å². The molecule has 0 aliphatic carbocycles. The minimum absolute atomic E-state index is 1.21. The van der Waals surface area contributed by atoms with Crippen LogP contribution in [0.25, 0.3) is 0 Å². The van der Waals surface area contributed by atoms with Gasteiger partial charge in [0.2, 0.25) is 0 Å². The molecular weight excluding hydrogens is 469 g/mol. The molecule has 5 aromatic rings. The number of hydrogen-bond acceptors (Lipinski definition) is 0. The van der Waals surface area contributed by atoms with Gasteiger partial charge in [-0.05, 0) is 0 Å². The molecule has 0 saturated carbocycles. The summed E-state index contributed by atoms with van der Waals surface area (Å²) in [6, 6.07) is 57.3. The Morgan fingerprint density at radius 1 is 0.371 bits per heavy atom. The van der Waals surface area contributed by atoms with Gasteiger partial charge in [-0.15, -0.1) is 0 Å². The van der Waals surface area contributed by atoms with Crippen molar-refractivity contribution in [2.75, 3.05) is 0 Å². The highest BCUT2D eigenvalue weighted by molar-refractivity contribution is 7.78. The van der Waals surface area contributed by atoms with Crippen LogP contribution in [0.4, 0.5) is 0 Å². The summed E-state index contributed by atoms with van der Waals surface area (Å²) < 4.78 is 0. The van der Waals surface area contributed by atoms with Crippen molar-refractivity contribution in [1.29, 1.82) is 0 Å². The predicted molar refractivity (Wildman–Crippen MR) is 159 cm³/mol. The summed E-state index contributed by atoms with van der Waals surface area (Å²) in [4.78, 5) is 0. The van der Waals surface area contributed by atoms with Gasteiger partial charge < -0.3 is 0 Å². The van der Waals surface area contributed by atoms with E-state index in [2.05, 4.69) is 165 Å². The second kappa shape index (κ2) is 10.2. The molecule has 0 aromatic heterocycles. The number of hydrogen-bond donors (Lipinski definition) is 0. The van der Waals surface area contributed by atoms with Crippen LogP contribution in [0, 0.1) is 0 Å². The molecule has 0 unspecified atom stereocenters. The van der Waals surface area contributed by atoms with E-state index in [9.17, 15) is 0 Å². The molecular formula is C32H31Si3. The maximum Gasteiger partial charge on any atom is 0.121 e. The van der Waals surface area contributed by atoms with Crippen molar-refractivity contribution in [1.82, 2.24) is 0 Å². The predicted octanol–water partition coefficient (Wildman–Crippen LogP) is 4.33. The van der Waals surface area contributed by atoms with Crippen molar-refractivity contribution in [3.63, 3.8) is 0 Å². The monoisotopic (exact) mass is 499 g/mol. The lowest BCUT2D eigenvalue weighted by Gasteiger charge is -2.49. The van der Waals surface area contributed by atoms with E-state index < -0.39 is 23.0 Å². The average molecular weight is 500 g/mol. The highest BCUT2D eigenvalue weighted by Crippen LogP contribution is 2.24. The highest BCUT2D eigenvalue weighted by Gasteiger charge is 2.58. The maximum absolute atomic E-state index is 2.64. The van der Waals surface area contributed by atoms with Crippen LogP contribution in [0.5, 0.6) is 0 Å². The SMILES string of the molecule is C[Si](C)(c1ccccc1)[Si](c1ccccc1)(c1ccccc1)[Si](c1ccccc1)c1ccccc1. The second-order valence-electron chi connectivity index (χ2n) is 9.58.